The molecule has 5 rings (SSSR count). The van der Waals surface area contributed by atoms with E-state index in [1.807, 2.05) is 12.3 Å². The lowest BCUT2D eigenvalue weighted by Crippen LogP contribution is -2.36. The van der Waals surface area contributed by atoms with Gasteiger partial charge in [-0.2, -0.15) is 0 Å². The van der Waals surface area contributed by atoms with Crippen molar-refractivity contribution in [2.75, 3.05) is 105 Å². The van der Waals surface area contributed by atoms with Crippen LogP contribution in [0.25, 0.3) is 0 Å². The maximum atomic E-state index is 4.91. The molecule has 0 amide bonds. The Hall–Kier alpha value is 1.03. The largest absolute Gasteiger partial charge is 0.412 e. The summed E-state index contributed by atoms with van der Waals surface area (Å²) in [5.74, 6) is 0.0815. The van der Waals surface area contributed by atoms with Crippen molar-refractivity contribution >= 4 is 136 Å². The van der Waals surface area contributed by atoms with Gasteiger partial charge in [-0.15, -0.1) is 136 Å². The number of hydrogen-bond acceptors (Lipinski definition) is 9. The molecule has 0 aliphatic carbocycles. The van der Waals surface area contributed by atoms with Crippen molar-refractivity contribution in [2.45, 2.75) is 44.7 Å². The molecule has 0 unspecified atom stereocenters. The normalized spacial score (nSPS) is 16.6. The van der Waals surface area contributed by atoms with Crippen LogP contribution in [0.3, 0.4) is 0 Å². The number of aromatic nitrogens is 1. The van der Waals surface area contributed by atoms with E-state index < -0.39 is 0 Å². The lowest BCUT2D eigenvalue weighted by Gasteiger charge is -2.25. The van der Waals surface area contributed by atoms with Gasteiger partial charge >= 0.3 is 0 Å². The Morgan fingerprint density at radius 1 is 0.424 bits per heavy atom. The van der Waals surface area contributed by atoms with Crippen LogP contribution < -0.4 is 31.9 Å². The number of pyridine rings is 1. The van der Waals surface area contributed by atoms with Crippen LogP contribution in [0.5, 0.6) is 0 Å². The molecule has 0 radical (unpaired) electrons. The average Bonchev–Trinajstić information content (AvgIpc) is 3.12. The molecular formula is C40H75Br8N9O2. The SMILES string of the molecule is Br.Br.Br.Br.Br.Br.Br.Br.O.O.c1ccc(C(c2cccc(CN3CCCNCCNCCCNCC3)c2)c2cccc(CN3CCCNCCNCCCNCC3)c2)nc1. The third-order valence-electron chi connectivity index (χ3n) is 9.60. The van der Waals surface area contributed by atoms with Crippen LogP contribution in [0.4, 0.5) is 0 Å². The third-order valence-corrected chi connectivity index (χ3v) is 9.60. The molecule has 19 heteroatoms. The minimum absolute atomic E-state index is 0. The van der Waals surface area contributed by atoms with Crippen LogP contribution in [0.15, 0.2) is 72.9 Å². The van der Waals surface area contributed by atoms with Gasteiger partial charge in [-0.25, -0.2) is 0 Å². The fraction of sp³-hybridized carbons (Fsp3) is 0.575. The summed E-state index contributed by atoms with van der Waals surface area (Å²) >= 11 is 0. The van der Waals surface area contributed by atoms with E-state index in [1.54, 1.807) is 0 Å². The maximum Gasteiger partial charge on any atom is 0.0522 e. The van der Waals surface area contributed by atoms with E-state index in [2.05, 4.69) is 102 Å². The summed E-state index contributed by atoms with van der Waals surface area (Å²) in [6.07, 6.45) is 6.59. The highest BCUT2D eigenvalue weighted by Crippen LogP contribution is 2.32. The third kappa shape index (κ3) is 29.2. The quantitative estimate of drug-likeness (QED) is 0.168. The monoisotopic (exact) mass is 1340 g/mol. The molecule has 0 saturated carbocycles. The highest BCUT2D eigenvalue weighted by Gasteiger charge is 2.20. The summed E-state index contributed by atoms with van der Waals surface area (Å²) in [5.41, 5.74) is 6.46. The Morgan fingerprint density at radius 2 is 0.814 bits per heavy atom. The summed E-state index contributed by atoms with van der Waals surface area (Å²) in [5, 5.41) is 21.6. The number of benzene rings is 2. The summed E-state index contributed by atoms with van der Waals surface area (Å²) in [4.78, 5) is 10.2. The molecule has 3 aromatic rings. The fourth-order valence-electron chi connectivity index (χ4n) is 6.99. The minimum Gasteiger partial charge on any atom is -0.412 e. The van der Waals surface area contributed by atoms with Crippen LogP contribution in [0.2, 0.25) is 0 Å². The second-order valence-electron chi connectivity index (χ2n) is 13.6. The molecule has 0 atom stereocenters. The molecule has 2 aliphatic rings. The van der Waals surface area contributed by atoms with Crippen molar-refractivity contribution in [3.63, 3.8) is 0 Å². The summed E-state index contributed by atoms with van der Waals surface area (Å²) in [6, 6.07) is 24.9. The molecule has 10 N–H and O–H groups in total. The van der Waals surface area contributed by atoms with Crippen molar-refractivity contribution in [3.05, 3.63) is 101 Å². The molecule has 348 valence electrons. The summed E-state index contributed by atoms with van der Waals surface area (Å²) in [6.45, 7) is 18.9. The average molecular weight is 1350 g/mol. The van der Waals surface area contributed by atoms with Crippen molar-refractivity contribution in [2.24, 2.45) is 0 Å². The lowest BCUT2D eigenvalue weighted by atomic mass is 9.86. The van der Waals surface area contributed by atoms with Gasteiger partial charge in [-0.1, -0.05) is 54.6 Å². The molecular weight excluding hydrogens is 1280 g/mol. The molecule has 0 spiro atoms. The zero-order valence-corrected chi connectivity index (χ0v) is 47.9. The van der Waals surface area contributed by atoms with E-state index in [4.69, 9.17) is 4.98 Å². The summed E-state index contributed by atoms with van der Waals surface area (Å²) < 4.78 is 0. The molecule has 1 aromatic heterocycles. The predicted octanol–water partition coefficient (Wildman–Crippen LogP) is 5.96. The van der Waals surface area contributed by atoms with Gasteiger partial charge in [0.05, 0.1) is 11.6 Å². The second kappa shape index (κ2) is 45.6. The first-order chi connectivity index (χ1) is 24.3. The number of hydrogen-bond donors (Lipinski definition) is 6. The van der Waals surface area contributed by atoms with Gasteiger partial charge in [0.2, 0.25) is 0 Å². The Bertz CT molecular complexity index is 1230. The van der Waals surface area contributed by atoms with Crippen molar-refractivity contribution in [1.82, 2.24) is 46.7 Å². The van der Waals surface area contributed by atoms with E-state index >= 15 is 0 Å². The number of halogens is 8. The summed E-state index contributed by atoms with van der Waals surface area (Å²) in [7, 11) is 0. The minimum atomic E-state index is 0. The van der Waals surface area contributed by atoms with Crippen molar-refractivity contribution in [3.8, 4) is 0 Å². The van der Waals surface area contributed by atoms with Crippen LogP contribution >= 0.6 is 136 Å². The number of rotatable bonds is 7. The van der Waals surface area contributed by atoms with Crippen LogP contribution in [0.1, 0.15) is 59.5 Å². The van der Waals surface area contributed by atoms with Gasteiger partial charge in [0, 0.05) is 71.6 Å². The molecule has 59 heavy (non-hydrogen) atoms. The fourth-order valence-corrected chi connectivity index (χ4v) is 6.99. The molecule has 3 heterocycles. The first-order valence-corrected chi connectivity index (χ1v) is 19.1. The van der Waals surface area contributed by atoms with Gasteiger partial charge in [0.1, 0.15) is 0 Å². The van der Waals surface area contributed by atoms with Gasteiger partial charge in [-0.05, 0) is 112 Å². The van der Waals surface area contributed by atoms with Crippen LogP contribution in [0, 0.1) is 0 Å². The Labute approximate surface area is 439 Å². The van der Waals surface area contributed by atoms with Gasteiger partial charge in [0.25, 0.3) is 0 Å². The van der Waals surface area contributed by atoms with E-state index in [1.165, 1.54) is 35.1 Å². The van der Waals surface area contributed by atoms with Gasteiger partial charge in [-0.3, -0.25) is 14.8 Å². The first-order valence-electron chi connectivity index (χ1n) is 19.1. The van der Waals surface area contributed by atoms with Crippen molar-refractivity contribution < 1.29 is 11.0 Å². The van der Waals surface area contributed by atoms with E-state index in [0.717, 1.165) is 136 Å². The molecule has 2 saturated heterocycles. The molecule has 11 nitrogen and oxygen atoms in total. The Balaban J connectivity index is -0.000000702. The van der Waals surface area contributed by atoms with Gasteiger partial charge in [0.15, 0.2) is 0 Å². The van der Waals surface area contributed by atoms with Crippen LogP contribution in [-0.4, -0.2) is 130 Å². The highest BCUT2D eigenvalue weighted by molar-refractivity contribution is 8.93. The number of nitrogens with zero attached hydrogens (tertiary/aromatic N) is 3. The molecule has 0 bridgehead atoms. The predicted molar refractivity (Wildman–Crippen MR) is 294 cm³/mol. The zero-order chi connectivity index (χ0) is 33.6. The molecule has 2 fully saturated rings. The topological polar surface area (TPSA) is 155 Å². The van der Waals surface area contributed by atoms with Crippen LogP contribution in [-0.2, 0) is 13.1 Å². The number of nitrogens with one attached hydrogen (secondary N) is 6. The van der Waals surface area contributed by atoms with E-state index in [9.17, 15) is 0 Å². The lowest BCUT2D eigenvalue weighted by molar-refractivity contribution is 0.260. The van der Waals surface area contributed by atoms with E-state index in [-0.39, 0.29) is 153 Å². The Kier molecular flexibility index (Phi) is 55.4. The molecule has 2 aliphatic heterocycles. The molecule has 2 aromatic carbocycles. The smallest absolute Gasteiger partial charge is 0.0522 e. The second-order valence-corrected chi connectivity index (χ2v) is 13.6. The maximum absolute atomic E-state index is 4.91. The highest BCUT2D eigenvalue weighted by atomic mass is 79.9. The Morgan fingerprint density at radius 3 is 1.20 bits per heavy atom. The first kappa shape index (κ1) is 71.7. The zero-order valence-electron chi connectivity index (χ0n) is 34.2. The van der Waals surface area contributed by atoms with Gasteiger partial charge < -0.3 is 42.9 Å². The standard InChI is InChI=1S/C40H63N9.8BrH.2H2O/c1-2-20-47-39(13-1)40(37-11-3-9-35(31-37)33-48-27-7-18-43-23-21-41-14-5-16-45-25-29-48)38-12-4-10-36(32-38)34-49-28-8-19-44-24-22-42-15-6-17-46-26-30-49;;;;;;;;;;/h1-4,9-13,20,31-32,40-46H,5-8,14-19,21-30,33-34H2;8*1H;2*1H2. The van der Waals surface area contributed by atoms with E-state index in [0.29, 0.717) is 0 Å². The van der Waals surface area contributed by atoms with Crippen molar-refractivity contribution in [1.29, 1.82) is 0 Å².